The predicted octanol–water partition coefficient (Wildman–Crippen LogP) is 10.9. The van der Waals surface area contributed by atoms with E-state index < -0.39 is 5.56 Å². The van der Waals surface area contributed by atoms with Gasteiger partial charge in [-0.3, -0.25) is 4.79 Å². The van der Waals surface area contributed by atoms with Crippen molar-refractivity contribution in [1.29, 1.82) is 10.5 Å². The van der Waals surface area contributed by atoms with Crippen LogP contribution in [0.3, 0.4) is 0 Å². The van der Waals surface area contributed by atoms with Crippen molar-refractivity contribution < 1.29 is 9.47 Å². The summed E-state index contributed by atoms with van der Waals surface area (Å²) in [6, 6.07) is 56.4. The van der Waals surface area contributed by atoms with E-state index in [2.05, 4.69) is 26.0 Å². The third-order valence-corrected chi connectivity index (χ3v) is 8.57. The lowest BCUT2D eigenvalue weighted by atomic mass is 10.1. The van der Waals surface area contributed by atoms with E-state index in [0.717, 1.165) is 28.2 Å². The van der Waals surface area contributed by atoms with E-state index in [4.69, 9.17) is 21.1 Å². The van der Waals surface area contributed by atoms with Crippen LogP contribution in [0.1, 0.15) is 11.1 Å². The van der Waals surface area contributed by atoms with Gasteiger partial charge in [0.15, 0.2) is 11.0 Å². The standard InChI is InChI=1S/C23H14ClN3O.C23H15N3O2/c24-22-20(15-25)21(26-23(27-22)17-7-3-1-4-8-17)16-11-13-19(14-12-16)28-18-9-5-2-6-10-18;24-15-20-21(25-22(26-23(20)27)17-7-3-1-4-8-17)16-11-13-19(14-12-16)28-18-9-5-2-6-10-18/h1-14H;1-14H,(H,25,26,27). The molecule has 0 fully saturated rings. The number of benzene rings is 6. The van der Waals surface area contributed by atoms with Crippen molar-refractivity contribution in [1.82, 2.24) is 19.9 Å². The Bertz CT molecular complexity index is 2720. The average molecular weight is 749 g/mol. The highest BCUT2D eigenvalue weighted by Gasteiger charge is 2.17. The zero-order chi connectivity index (χ0) is 38.7. The molecule has 0 bridgehead atoms. The van der Waals surface area contributed by atoms with Gasteiger partial charge < -0.3 is 14.5 Å². The van der Waals surface area contributed by atoms with Crippen molar-refractivity contribution in [3.05, 3.63) is 196 Å². The molecule has 0 unspecified atom stereocenters. The lowest BCUT2D eigenvalue weighted by Crippen LogP contribution is -2.15. The van der Waals surface area contributed by atoms with Crippen molar-refractivity contribution in [2.24, 2.45) is 0 Å². The SMILES string of the molecule is N#Cc1c(-c2ccc(Oc3ccccc3)cc2)nc(-c2ccccc2)[nH]c1=O.N#Cc1c(Cl)nc(-c2ccccc2)nc1-c1ccc(Oc2ccccc2)cc1. The molecule has 0 aliphatic carbocycles. The molecule has 0 saturated heterocycles. The van der Waals surface area contributed by atoms with E-state index in [1.54, 1.807) is 24.3 Å². The summed E-state index contributed by atoms with van der Waals surface area (Å²) < 4.78 is 11.6. The maximum atomic E-state index is 12.4. The first-order valence-electron chi connectivity index (χ1n) is 17.3. The summed E-state index contributed by atoms with van der Waals surface area (Å²) in [7, 11) is 0. The number of ether oxygens (including phenoxy) is 2. The molecule has 9 nitrogen and oxygen atoms in total. The van der Waals surface area contributed by atoms with Gasteiger partial charge in [0.1, 0.15) is 52.1 Å². The Hall–Kier alpha value is -7.85. The summed E-state index contributed by atoms with van der Waals surface area (Å²) in [5.74, 6) is 3.73. The minimum Gasteiger partial charge on any atom is -0.457 e. The molecular formula is C46H29ClN6O3. The number of halogens is 1. The molecule has 8 rings (SSSR count). The summed E-state index contributed by atoms with van der Waals surface area (Å²) >= 11 is 6.27. The van der Waals surface area contributed by atoms with Crippen molar-refractivity contribution >= 4 is 11.6 Å². The molecule has 0 aliphatic rings. The van der Waals surface area contributed by atoms with Gasteiger partial charge in [0.05, 0.1) is 11.4 Å². The number of aromatic nitrogens is 4. The molecule has 56 heavy (non-hydrogen) atoms. The Kier molecular flexibility index (Phi) is 11.3. The molecule has 0 saturated carbocycles. The third-order valence-electron chi connectivity index (χ3n) is 8.30. The first kappa shape index (κ1) is 36.5. The van der Waals surface area contributed by atoms with Crippen molar-refractivity contribution in [3.63, 3.8) is 0 Å². The molecule has 268 valence electrons. The van der Waals surface area contributed by atoms with Crippen LogP contribution in [0.15, 0.2) is 175 Å². The summed E-state index contributed by atoms with van der Waals surface area (Å²) in [6.07, 6.45) is 0. The van der Waals surface area contributed by atoms with E-state index in [0.29, 0.717) is 40.1 Å². The number of hydrogen-bond acceptors (Lipinski definition) is 8. The van der Waals surface area contributed by atoms with Gasteiger partial charge in [0.25, 0.3) is 5.56 Å². The summed E-state index contributed by atoms with van der Waals surface area (Å²) in [6.45, 7) is 0. The molecule has 0 amide bonds. The van der Waals surface area contributed by atoms with Gasteiger partial charge in [0.2, 0.25) is 0 Å². The van der Waals surface area contributed by atoms with Crippen LogP contribution in [0.4, 0.5) is 0 Å². The van der Waals surface area contributed by atoms with Gasteiger partial charge in [-0.25, -0.2) is 15.0 Å². The smallest absolute Gasteiger partial charge is 0.269 e. The van der Waals surface area contributed by atoms with Gasteiger partial charge >= 0.3 is 0 Å². The number of nitriles is 2. The Morgan fingerprint density at radius 2 is 0.875 bits per heavy atom. The minimum atomic E-state index is -0.462. The number of rotatable bonds is 8. The van der Waals surface area contributed by atoms with E-state index in [1.165, 1.54) is 0 Å². The molecule has 0 aliphatic heterocycles. The van der Waals surface area contributed by atoms with Crippen molar-refractivity contribution in [2.75, 3.05) is 0 Å². The first-order valence-corrected chi connectivity index (χ1v) is 17.7. The van der Waals surface area contributed by atoms with Crippen LogP contribution in [0.5, 0.6) is 23.0 Å². The summed E-state index contributed by atoms with van der Waals surface area (Å²) in [4.78, 5) is 28.5. The topological polar surface area (TPSA) is 138 Å². The lowest BCUT2D eigenvalue weighted by molar-refractivity contribution is 0.482. The van der Waals surface area contributed by atoms with Gasteiger partial charge in [-0.05, 0) is 72.8 Å². The molecule has 6 aromatic carbocycles. The second kappa shape index (κ2) is 17.3. The number of nitrogens with zero attached hydrogens (tertiary/aromatic N) is 5. The predicted molar refractivity (Wildman–Crippen MR) is 216 cm³/mol. The quantitative estimate of drug-likeness (QED) is 0.152. The molecule has 0 radical (unpaired) electrons. The van der Waals surface area contributed by atoms with Crippen LogP contribution in [0, 0.1) is 22.7 Å². The van der Waals surface area contributed by atoms with Gasteiger partial charge in [-0.15, -0.1) is 0 Å². The van der Waals surface area contributed by atoms with Gasteiger partial charge in [-0.2, -0.15) is 10.5 Å². The van der Waals surface area contributed by atoms with Crippen molar-refractivity contribution in [3.8, 4) is 80.4 Å². The largest absolute Gasteiger partial charge is 0.457 e. The summed E-state index contributed by atoms with van der Waals surface area (Å²) in [5, 5.41) is 19.1. The second-order valence-electron chi connectivity index (χ2n) is 12.0. The summed E-state index contributed by atoms with van der Waals surface area (Å²) in [5.41, 5.74) is 3.64. The maximum Gasteiger partial charge on any atom is 0.269 e. The number of hydrogen-bond donors (Lipinski definition) is 1. The molecule has 0 atom stereocenters. The average Bonchev–Trinajstić information content (AvgIpc) is 3.25. The lowest BCUT2D eigenvalue weighted by Gasteiger charge is -2.10. The Morgan fingerprint density at radius 1 is 0.464 bits per heavy atom. The molecule has 2 aromatic heterocycles. The highest BCUT2D eigenvalue weighted by atomic mass is 35.5. The zero-order valence-corrected chi connectivity index (χ0v) is 30.3. The normalized spacial score (nSPS) is 10.3. The third kappa shape index (κ3) is 8.67. The van der Waals surface area contributed by atoms with Gasteiger partial charge in [-0.1, -0.05) is 109 Å². The van der Waals surface area contributed by atoms with Crippen LogP contribution in [-0.4, -0.2) is 19.9 Å². The fourth-order valence-electron chi connectivity index (χ4n) is 5.59. The number of para-hydroxylation sites is 2. The maximum absolute atomic E-state index is 12.4. The molecular weight excluding hydrogens is 720 g/mol. The minimum absolute atomic E-state index is 0.0172. The Labute approximate surface area is 327 Å². The number of aromatic amines is 1. The van der Waals surface area contributed by atoms with Crippen LogP contribution >= 0.6 is 11.6 Å². The van der Waals surface area contributed by atoms with Crippen LogP contribution in [0.2, 0.25) is 5.15 Å². The van der Waals surface area contributed by atoms with E-state index >= 15 is 0 Å². The molecule has 0 spiro atoms. The van der Waals surface area contributed by atoms with E-state index in [9.17, 15) is 15.3 Å². The highest BCUT2D eigenvalue weighted by Crippen LogP contribution is 2.31. The van der Waals surface area contributed by atoms with Crippen LogP contribution in [0.25, 0.3) is 45.3 Å². The van der Waals surface area contributed by atoms with Crippen LogP contribution in [-0.2, 0) is 0 Å². The fourth-order valence-corrected chi connectivity index (χ4v) is 5.80. The second-order valence-corrected chi connectivity index (χ2v) is 12.4. The number of nitrogens with one attached hydrogen (secondary N) is 1. The van der Waals surface area contributed by atoms with Gasteiger partial charge in [0, 0.05) is 22.3 Å². The zero-order valence-electron chi connectivity index (χ0n) is 29.5. The molecule has 10 heteroatoms. The van der Waals surface area contributed by atoms with Crippen molar-refractivity contribution in [2.45, 2.75) is 0 Å². The Balaban J connectivity index is 0.000000172. The molecule has 8 aromatic rings. The highest BCUT2D eigenvalue weighted by molar-refractivity contribution is 6.31. The molecule has 1 N–H and O–H groups in total. The Morgan fingerprint density at radius 3 is 1.34 bits per heavy atom. The fraction of sp³-hybridized carbons (Fsp3) is 0. The molecule has 2 heterocycles. The number of H-pyrrole nitrogens is 1. The van der Waals surface area contributed by atoms with E-state index in [-0.39, 0.29) is 16.3 Å². The monoisotopic (exact) mass is 748 g/mol. The van der Waals surface area contributed by atoms with Crippen LogP contribution < -0.4 is 15.0 Å². The first-order chi connectivity index (χ1) is 27.5. The van der Waals surface area contributed by atoms with E-state index in [1.807, 2.05) is 152 Å².